The Morgan fingerprint density at radius 2 is 1.09 bits per heavy atom. The van der Waals surface area contributed by atoms with E-state index in [0.717, 1.165) is 27.9 Å². The summed E-state index contributed by atoms with van der Waals surface area (Å²) in [6.07, 6.45) is 0. The minimum atomic E-state index is 0.782. The summed E-state index contributed by atoms with van der Waals surface area (Å²) in [5.41, 5.74) is 6.59. The van der Waals surface area contributed by atoms with Gasteiger partial charge in [-0.05, 0) is 69.1 Å². The molecule has 0 aromatic heterocycles. The molecule has 1 nitrogen and oxygen atoms in total. The third-order valence-corrected chi connectivity index (χ3v) is 6.35. The standard InChI is InChI=1S/C32H22BN/c33-27-17-13-26-22-30(20-16-25(26)21-27)34(28-9-2-1-3-10-28)29-18-14-24(15-19-29)32-12-6-8-23-7-4-5-11-31(23)32/h1-22H. The first kappa shape index (κ1) is 20.3. The van der Waals surface area contributed by atoms with Crippen LogP contribution in [0, 0.1) is 0 Å². The summed E-state index contributed by atoms with van der Waals surface area (Å²) in [5, 5.41) is 4.83. The zero-order valence-electron chi connectivity index (χ0n) is 18.7. The van der Waals surface area contributed by atoms with Gasteiger partial charge in [-0.15, -0.1) is 0 Å². The molecule has 6 aromatic carbocycles. The van der Waals surface area contributed by atoms with Crippen LogP contribution in [-0.2, 0) is 0 Å². The Labute approximate surface area is 201 Å². The van der Waals surface area contributed by atoms with Crippen LogP contribution in [0.5, 0.6) is 0 Å². The summed E-state index contributed by atoms with van der Waals surface area (Å²) < 4.78 is 0. The Morgan fingerprint density at radius 1 is 0.441 bits per heavy atom. The lowest BCUT2D eigenvalue weighted by atomic mass is 9.93. The Hall–Kier alpha value is -4.30. The van der Waals surface area contributed by atoms with E-state index in [9.17, 15) is 0 Å². The van der Waals surface area contributed by atoms with Gasteiger partial charge in [-0.1, -0.05) is 103 Å². The smallest absolute Gasteiger partial charge is 0.113 e. The highest BCUT2D eigenvalue weighted by atomic mass is 15.1. The molecule has 2 heteroatoms. The predicted octanol–water partition coefficient (Wildman–Crippen LogP) is 7.92. The Morgan fingerprint density at radius 3 is 1.94 bits per heavy atom. The van der Waals surface area contributed by atoms with Crippen LogP contribution >= 0.6 is 0 Å². The van der Waals surface area contributed by atoms with Crippen LogP contribution in [0.4, 0.5) is 17.1 Å². The van der Waals surface area contributed by atoms with Crippen molar-refractivity contribution in [1.82, 2.24) is 0 Å². The van der Waals surface area contributed by atoms with Gasteiger partial charge in [0.25, 0.3) is 0 Å². The highest BCUT2D eigenvalue weighted by Crippen LogP contribution is 2.37. The van der Waals surface area contributed by atoms with Gasteiger partial charge < -0.3 is 4.90 Å². The minimum absolute atomic E-state index is 0.782. The topological polar surface area (TPSA) is 3.24 Å². The molecule has 0 saturated carbocycles. The van der Waals surface area contributed by atoms with E-state index in [-0.39, 0.29) is 0 Å². The molecule has 34 heavy (non-hydrogen) atoms. The molecular formula is C32H22BN. The third-order valence-electron chi connectivity index (χ3n) is 6.35. The third kappa shape index (κ3) is 3.74. The molecule has 0 saturated heterocycles. The minimum Gasteiger partial charge on any atom is -0.310 e. The first-order chi connectivity index (χ1) is 16.8. The molecule has 0 aliphatic rings. The Balaban J connectivity index is 1.46. The van der Waals surface area contributed by atoms with Crippen LogP contribution in [0.25, 0.3) is 32.7 Å². The van der Waals surface area contributed by atoms with E-state index in [2.05, 4.69) is 126 Å². The summed E-state index contributed by atoms with van der Waals surface area (Å²) in [4.78, 5) is 2.29. The van der Waals surface area contributed by atoms with E-state index in [0.29, 0.717) is 0 Å². The predicted molar refractivity (Wildman–Crippen MR) is 147 cm³/mol. The summed E-state index contributed by atoms with van der Waals surface area (Å²) in [7, 11) is 5.99. The first-order valence-corrected chi connectivity index (χ1v) is 11.5. The van der Waals surface area contributed by atoms with Crippen molar-refractivity contribution < 1.29 is 0 Å². The molecule has 0 N–H and O–H groups in total. The first-order valence-electron chi connectivity index (χ1n) is 11.5. The number of benzene rings is 6. The number of para-hydroxylation sites is 1. The maximum absolute atomic E-state index is 5.99. The van der Waals surface area contributed by atoms with Gasteiger partial charge in [0.2, 0.25) is 0 Å². The zero-order valence-corrected chi connectivity index (χ0v) is 18.7. The van der Waals surface area contributed by atoms with Crippen LogP contribution in [0.3, 0.4) is 0 Å². The number of hydrogen-bond acceptors (Lipinski definition) is 1. The van der Waals surface area contributed by atoms with E-state index in [1.807, 2.05) is 12.1 Å². The second kappa shape index (κ2) is 8.57. The van der Waals surface area contributed by atoms with Crippen LogP contribution in [0.1, 0.15) is 0 Å². The van der Waals surface area contributed by atoms with Gasteiger partial charge >= 0.3 is 0 Å². The number of rotatable bonds is 4. The molecule has 0 amide bonds. The summed E-state index contributed by atoms with van der Waals surface area (Å²) in [6.45, 7) is 0. The monoisotopic (exact) mass is 431 g/mol. The molecule has 0 unspecified atom stereocenters. The van der Waals surface area contributed by atoms with Crippen LogP contribution in [0.2, 0.25) is 0 Å². The maximum atomic E-state index is 5.99. The molecule has 0 aliphatic heterocycles. The van der Waals surface area contributed by atoms with E-state index >= 15 is 0 Å². The molecule has 0 atom stereocenters. The number of hydrogen-bond donors (Lipinski definition) is 0. The van der Waals surface area contributed by atoms with E-state index in [1.165, 1.54) is 27.3 Å². The van der Waals surface area contributed by atoms with Gasteiger partial charge in [0.15, 0.2) is 0 Å². The summed E-state index contributed by atoms with van der Waals surface area (Å²) >= 11 is 0. The van der Waals surface area contributed by atoms with Gasteiger partial charge in [-0.2, -0.15) is 0 Å². The lowest BCUT2D eigenvalue weighted by Gasteiger charge is -2.26. The van der Waals surface area contributed by atoms with Gasteiger partial charge in [0.1, 0.15) is 7.85 Å². The van der Waals surface area contributed by atoms with Crippen molar-refractivity contribution in [3.63, 3.8) is 0 Å². The van der Waals surface area contributed by atoms with E-state index in [1.54, 1.807) is 0 Å². The van der Waals surface area contributed by atoms with Crippen molar-refractivity contribution in [3.8, 4) is 11.1 Å². The van der Waals surface area contributed by atoms with Gasteiger partial charge in [-0.25, -0.2) is 0 Å². The van der Waals surface area contributed by atoms with Crippen molar-refractivity contribution in [2.24, 2.45) is 0 Å². The molecule has 2 radical (unpaired) electrons. The molecule has 6 aromatic rings. The molecule has 0 heterocycles. The van der Waals surface area contributed by atoms with Crippen molar-refractivity contribution >= 4 is 51.9 Å². The van der Waals surface area contributed by atoms with Crippen LogP contribution in [-0.4, -0.2) is 7.85 Å². The fourth-order valence-electron chi connectivity index (χ4n) is 4.68. The summed E-state index contributed by atoms with van der Waals surface area (Å²) in [5.74, 6) is 0. The van der Waals surface area contributed by atoms with Gasteiger partial charge in [0, 0.05) is 17.1 Å². The van der Waals surface area contributed by atoms with Gasteiger partial charge in [-0.3, -0.25) is 0 Å². The highest BCUT2D eigenvalue weighted by Gasteiger charge is 2.13. The average molecular weight is 431 g/mol. The molecule has 0 bridgehead atoms. The molecule has 158 valence electrons. The second-order valence-corrected chi connectivity index (χ2v) is 8.54. The van der Waals surface area contributed by atoms with Gasteiger partial charge in [0.05, 0.1) is 0 Å². The average Bonchev–Trinajstić information content (AvgIpc) is 2.90. The second-order valence-electron chi connectivity index (χ2n) is 8.54. The lowest BCUT2D eigenvalue weighted by Crippen LogP contribution is -2.10. The fraction of sp³-hybridized carbons (Fsp3) is 0. The molecule has 6 rings (SSSR count). The molecule has 0 aliphatic carbocycles. The normalized spacial score (nSPS) is 11.1. The number of fused-ring (bicyclic) bond motifs is 2. The number of nitrogens with zero attached hydrogens (tertiary/aromatic N) is 1. The quantitative estimate of drug-likeness (QED) is 0.256. The van der Waals surface area contributed by atoms with Crippen molar-refractivity contribution in [1.29, 1.82) is 0 Å². The largest absolute Gasteiger partial charge is 0.310 e. The fourth-order valence-corrected chi connectivity index (χ4v) is 4.68. The Bertz CT molecular complexity index is 1600. The zero-order chi connectivity index (χ0) is 22.9. The van der Waals surface area contributed by atoms with Crippen molar-refractivity contribution in [2.45, 2.75) is 0 Å². The highest BCUT2D eigenvalue weighted by molar-refractivity contribution is 6.33. The Kier molecular flexibility index (Phi) is 5.12. The molecular weight excluding hydrogens is 409 g/mol. The van der Waals surface area contributed by atoms with Crippen molar-refractivity contribution in [3.05, 3.63) is 133 Å². The van der Waals surface area contributed by atoms with Crippen molar-refractivity contribution in [2.75, 3.05) is 4.90 Å². The SMILES string of the molecule is [B]c1ccc2cc(N(c3ccccc3)c3ccc(-c4cccc5ccccc45)cc3)ccc2c1. The molecule has 0 spiro atoms. The van der Waals surface area contributed by atoms with E-state index in [4.69, 9.17) is 7.85 Å². The number of anilines is 3. The van der Waals surface area contributed by atoms with Crippen LogP contribution in [0.15, 0.2) is 133 Å². The molecule has 0 fully saturated rings. The van der Waals surface area contributed by atoms with E-state index < -0.39 is 0 Å². The maximum Gasteiger partial charge on any atom is 0.113 e. The van der Waals surface area contributed by atoms with Crippen LogP contribution < -0.4 is 10.4 Å². The lowest BCUT2D eigenvalue weighted by molar-refractivity contribution is 1.29. The summed E-state index contributed by atoms with van der Waals surface area (Å²) in [6, 6.07) is 47.0.